The number of rotatable bonds is 5. The highest BCUT2D eigenvalue weighted by molar-refractivity contribution is 6.04. The molecule has 2 saturated heterocycles. The first-order valence-corrected chi connectivity index (χ1v) is 11.3. The van der Waals surface area contributed by atoms with E-state index in [4.69, 9.17) is 14.2 Å². The third-order valence-electron chi connectivity index (χ3n) is 6.45. The molecule has 0 unspecified atom stereocenters. The van der Waals surface area contributed by atoms with Crippen LogP contribution in [0.5, 0.6) is 5.75 Å². The Kier molecular flexibility index (Phi) is 6.26. The van der Waals surface area contributed by atoms with Crippen LogP contribution < -0.4 is 10.1 Å². The number of benzene rings is 1. The SMILES string of the molecule is O=C(Nc1ccc2c(c1)[C@@H]1C[C@H](CC(=O)N3CCOCC3)O[C@@H](CO)[C@@H]1O2)c1cccnc1. The van der Waals surface area contributed by atoms with Gasteiger partial charge in [-0.25, -0.2) is 0 Å². The number of aliphatic hydroxyl groups excluding tert-OH is 1. The van der Waals surface area contributed by atoms with Crippen molar-refractivity contribution in [2.24, 2.45) is 0 Å². The maximum absolute atomic E-state index is 12.8. The Morgan fingerprint density at radius 2 is 2.06 bits per heavy atom. The summed E-state index contributed by atoms with van der Waals surface area (Å²) in [5.74, 6) is 0.470. The number of carbonyl (C=O) groups excluding carboxylic acids is 2. The summed E-state index contributed by atoms with van der Waals surface area (Å²) in [5.41, 5.74) is 2.08. The standard InChI is InChI=1S/C24H27N3O6/c28-14-21-23-19(11-17(32-21)12-22(29)27-6-8-31-9-7-27)18-10-16(3-4-20(18)33-23)26-24(30)15-2-1-5-25-13-15/h1-5,10,13,17,19,21,23,28H,6-9,11-12,14H2,(H,26,30)/t17-,19+,21+,23-/m1/s1. The predicted molar refractivity (Wildman–Crippen MR) is 118 cm³/mol. The first-order valence-electron chi connectivity index (χ1n) is 11.3. The molecule has 174 valence electrons. The average Bonchev–Trinajstić information content (AvgIpc) is 3.22. The molecule has 0 saturated carbocycles. The summed E-state index contributed by atoms with van der Waals surface area (Å²) >= 11 is 0. The number of pyridine rings is 1. The van der Waals surface area contributed by atoms with Crippen LogP contribution in [0.3, 0.4) is 0 Å². The highest BCUT2D eigenvalue weighted by Gasteiger charge is 2.46. The number of morpholine rings is 1. The lowest BCUT2D eigenvalue weighted by Gasteiger charge is -2.38. The normalized spacial score (nSPS) is 26.2. The van der Waals surface area contributed by atoms with E-state index in [9.17, 15) is 14.7 Å². The van der Waals surface area contributed by atoms with E-state index in [1.165, 1.54) is 6.20 Å². The van der Waals surface area contributed by atoms with Gasteiger partial charge in [0.25, 0.3) is 5.91 Å². The zero-order valence-corrected chi connectivity index (χ0v) is 18.2. The van der Waals surface area contributed by atoms with Crippen LogP contribution in [0.4, 0.5) is 5.69 Å². The molecule has 33 heavy (non-hydrogen) atoms. The molecule has 0 radical (unpaired) electrons. The van der Waals surface area contributed by atoms with Crippen molar-refractivity contribution >= 4 is 17.5 Å². The lowest BCUT2D eigenvalue weighted by molar-refractivity contribution is -0.151. The number of anilines is 1. The Morgan fingerprint density at radius 3 is 2.82 bits per heavy atom. The minimum Gasteiger partial charge on any atom is -0.487 e. The number of aliphatic hydroxyl groups is 1. The van der Waals surface area contributed by atoms with Crippen LogP contribution in [0, 0.1) is 0 Å². The number of hydrogen-bond acceptors (Lipinski definition) is 7. The Hall–Kier alpha value is -3.01. The second kappa shape index (κ2) is 9.46. The fraction of sp³-hybridized carbons (Fsp3) is 0.458. The number of nitrogens with zero attached hydrogens (tertiary/aromatic N) is 2. The van der Waals surface area contributed by atoms with Crippen molar-refractivity contribution in [3.8, 4) is 5.75 Å². The molecule has 9 nitrogen and oxygen atoms in total. The number of ether oxygens (including phenoxy) is 3. The quantitative estimate of drug-likeness (QED) is 0.707. The second-order valence-electron chi connectivity index (χ2n) is 8.55. The van der Waals surface area contributed by atoms with E-state index in [2.05, 4.69) is 10.3 Å². The van der Waals surface area contributed by atoms with Gasteiger partial charge in [-0.3, -0.25) is 14.6 Å². The van der Waals surface area contributed by atoms with E-state index >= 15 is 0 Å². The number of amides is 2. The highest BCUT2D eigenvalue weighted by Crippen LogP contribution is 2.47. The smallest absolute Gasteiger partial charge is 0.257 e. The van der Waals surface area contributed by atoms with Crippen molar-refractivity contribution in [2.45, 2.75) is 37.1 Å². The van der Waals surface area contributed by atoms with Crippen LogP contribution >= 0.6 is 0 Å². The minimum atomic E-state index is -0.521. The maximum Gasteiger partial charge on any atom is 0.257 e. The highest BCUT2D eigenvalue weighted by atomic mass is 16.6. The van der Waals surface area contributed by atoms with Crippen LogP contribution in [0.2, 0.25) is 0 Å². The van der Waals surface area contributed by atoms with Gasteiger partial charge in [-0.1, -0.05) is 0 Å². The number of carbonyl (C=O) groups is 2. The molecule has 4 heterocycles. The van der Waals surface area contributed by atoms with E-state index in [0.29, 0.717) is 49.7 Å². The predicted octanol–water partition coefficient (Wildman–Crippen LogP) is 1.58. The Morgan fingerprint density at radius 1 is 1.21 bits per heavy atom. The number of aromatic nitrogens is 1. The Balaban J connectivity index is 1.31. The van der Waals surface area contributed by atoms with Gasteiger partial charge >= 0.3 is 0 Å². The van der Waals surface area contributed by atoms with Gasteiger partial charge in [0.1, 0.15) is 18.0 Å². The second-order valence-corrected chi connectivity index (χ2v) is 8.55. The molecule has 4 atom stereocenters. The molecular formula is C24H27N3O6. The summed E-state index contributed by atoms with van der Waals surface area (Å²) in [4.78, 5) is 31.1. The summed E-state index contributed by atoms with van der Waals surface area (Å²) in [6.07, 6.45) is 2.82. The van der Waals surface area contributed by atoms with E-state index in [0.717, 1.165) is 5.56 Å². The summed E-state index contributed by atoms with van der Waals surface area (Å²) in [5, 5.41) is 12.8. The number of fused-ring (bicyclic) bond motifs is 3. The van der Waals surface area contributed by atoms with Crippen molar-refractivity contribution in [3.05, 3.63) is 53.9 Å². The lowest BCUT2D eigenvalue weighted by atomic mass is 9.84. The largest absolute Gasteiger partial charge is 0.487 e. The fourth-order valence-corrected chi connectivity index (χ4v) is 4.80. The molecule has 0 aliphatic carbocycles. The molecule has 2 amide bonds. The van der Waals surface area contributed by atoms with Crippen LogP contribution in [-0.4, -0.2) is 78.0 Å². The third kappa shape index (κ3) is 4.57. The molecule has 1 aromatic heterocycles. The van der Waals surface area contributed by atoms with Gasteiger partial charge in [0.15, 0.2) is 0 Å². The topological polar surface area (TPSA) is 110 Å². The minimum absolute atomic E-state index is 0.0371. The molecule has 2 fully saturated rings. The molecule has 5 rings (SSSR count). The summed E-state index contributed by atoms with van der Waals surface area (Å²) in [7, 11) is 0. The van der Waals surface area contributed by atoms with Gasteiger partial charge < -0.3 is 29.5 Å². The molecule has 3 aliphatic rings. The molecular weight excluding hydrogens is 426 g/mol. The van der Waals surface area contributed by atoms with Crippen molar-refractivity contribution in [2.75, 3.05) is 38.2 Å². The fourth-order valence-electron chi connectivity index (χ4n) is 4.80. The zero-order valence-electron chi connectivity index (χ0n) is 18.2. The molecule has 0 bridgehead atoms. The van der Waals surface area contributed by atoms with E-state index in [1.807, 2.05) is 12.1 Å². The molecule has 9 heteroatoms. The van der Waals surface area contributed by atoms with Crippen LogP contribution in [0.25, 0.3) is 0 Å². The van der Waals surface area contributed by atoms with Gasteiger partial charge in [-0.15, -0.1) is 0 Å². The van der Waals surface area contributed by atoms with Crippen LogP contribution in [0.15, 0.2) is 42.7 Å². The summed E-state index contributed by atoms with van der Waals surface area (Å²) in [6.45, 7) is 2.09. The van der Waals surface area contributed by atoms with Gasteiger partial charge in [0.05, 0.1) is 37.9 Å². The van der Waals surface area contributed by atoms with Gasteiger partial charge in [-0.05, 0) is 36.8 Å². The Bertz CT molecular complexity index is 1010. The monoisotopic (exact) mass is 453 g/mol. The molecule has 1 aromatic carbocycles. The number of hydrogen-bond donors (Lipinski definition) is 2. The number of nitrogens with one attached hydrogen (secondary N) is 1. The average molecular weight is 453 g/mol. The van der Waals surface area contributed by atoms with Crippen molar-refractivity contribution in [1.82, 2.24) is 9.88 Å². The van der Waals surface area contributed by atoms with Gasteiger partial charge in [0, 0.05) is 42.7 Å². The van der Waals surface area contributed by atoms with Crippen molar-refractivity contribution in [1.29, 1.82) is 0 Å². The Labute approximate surface area is 191 Å². The summed E-state index contributed by atoms with van der Waals surface area (Å²) in [6, 6.07) is 8.95. The third-order valence-corrected chi connectivity index (χ3v) is 6.45. The summed E-state index contributed by atoms with van der Waals surface area (Å²) < 4.78 is 17.5. The van der Waals surface area contributed by atoms with Gasteiger partial charge in [-0.2, -0.15) is 0 Å². The van der Waals surface area contributed by atoms with E-state index in [1.54, 1.807) is 29.3 Å². The molecule has 0 spiro atoms. The maximum atomic E-state index is 12.8. The first kappa shape index (κ1) is 21.8. The van der Waals surface area contributed by atoms with E-state index < -0.39 is 6.10 Å². The molecule has 2 aromatic rings. The van der Waals surface area contributed by atoms with Crippen LogP contribution in [-0.2, 0) is 14.3 Å². The van der Waals surface area contributed by atoms with E-state index in [-0.39, 0.29) is 43.0 Å². The van der Waals surface area contributed by atoms with Crippen LogP contribution in [0.1, 0.15) is 34.7 Å². The zero-order chi connectivity index (χ0) is 22.8. The lowest BCUT2D eigenvalue weighted by Crippen LogP contribution is -2.48. The van der Waals surface area contributed by atoms with Gasteiger partial charge in [0.2, 0.25) is 5.91 Å². The molecule has 2 N–H and O–H groups in total. The molecule has 3 aliphatic heterocycles. The first-order chi connectivity index (χ1) is 16.1. The van der Waals surface area contributed by atoms with Crippen molar-refractivity contribution in [3.63, 3.8) is 0 Å². The van der Waals surface area contributed by atoms with Crippen molar-refractivity contribution < 1.29 is 28.9 Å².